The molecule has 6 heteroatoms. The molecular formula is C26H28ClN3O2. The second kappa shape index (κ2) is 10.2. The first-order valence-electron chi connectivity index (χ1n) is 10.9. The number of aryl methyl sites for hydroxylation is 1. The van der Waals surface area contributed by atoms with Crippen molar-refractivity contribution in [3.05, 3.63) is 94.0 Å². The molecule has 5 nitrogen and oxygen atoms in total. The Balaban J connectivity index is 1.41. The van der Waals surface area contributed by atoms with Crippen LogP contribution in [0, 0.1) is 6.92 Å². The van der Waals surface area contributed by atoms with Gasteiger partial charge in [0.1, 0.15) is 0 Å². The highest BCUT2D eigenvalue weighted by atomic mass is 35.5. The first kappa shape index (κ1) is 22.3. The number of carbonyl (C=O) groups is 1. The molecule has 1 aliphatic rings. The number of nitrogens with zero attached hydrogens (tertiary/aromatic N) is 1. The molecule has 3 aromatic carbocycles. The highest BCUT2D eigenvalue weighted by molar-refractivity contribution is 6.30. The summed E-state index contributed by atoms with van der Waals surface area (Å²) in [7, 11) is 1.98. The zero-order valence-electron chi connectivity index (χ0n) is 18.4. The van der Waals surface area contributed by atoms with Crippen LogP contribution in [0.3, 0.4) is 0 Å². The Morgan fingerprint density at radius 3 is 2.66 bits per heavy atom. The first-order chi connectivity index (χ1) is 15.5. The van der Waals surface area contributed by atoms with Crippen LogP contribution in [0.5, 0.6) is 0 Å². The van der Waals surface area contributed by atoms with Crippen LogP contribution in [0.15, 0.2) is 66.7 Å². The van der Waals surface area contributed by atoms with Gasteiger partial charge in [0, 0.05) is 28.9 Å². The van der Waals surface area contributed by atoms with Gasteiger partial charge in [0.2, 0.25) is 0 Å². The fourth-order valence-electron chi connectivity index (χ4n) is 4.04. The standard InChI is InChI=1S/C26H28ClN3O2/c1-18-6-3-4-7-22(18)26(31)29-21-12-9-19(10-13-21)17-32-30-15-5-8-24(28-2)23-16-20(27)11-14-25(23)30/h3-4,6-7,9-14,16,24,28H,5,8,15,17H2,1-2H3,(H,29,31). The third kappa shape index (κ3) is 5.13. The lowest BCUT2D eigenvalue weighted by Gasteiger charge is -2.25. The number of carbonyl (C=O) groups excluding carboxylic acids is 1. The Labute approximate surface area is 194 Å². The van der Waals surface area contributed by atoms with Gasteiger partial charge < -0.3 is 10.6 Å². The summed E-state index contributed by atoms with van der Waals surface area (Å²) in [5, 5.41) is 9.04. The third-order valence-corrected chi connectivity index (χ3v) is 6.06. The highest BCUT2D eigenvalue weighted by Crippen LogP contribution is 2.35. The third-order valence-electron chi connectivity index (χ3n) is 5.82. The van der Waals surface area contributed by atoms with E-state index in [0.717, 1.165) is 52.5 Å². The number of nitrogens with one attached hydrogen (secondary N) is 2. The summed E-state index contributed by atoms with van der Waals surface area (Å²) >= 11 is 6.25. The summed E-state index contributed by atoms with van der Waals surface area (Å²) in [6.07, 6.45) is 2.04. The van der Waals surface area contributed by atoms with Gasteiger partial charge in [-0.15, -0.1) is 0 Å². The molecule has 0 fully saturated rings. The average Bonchev–Trinajstić information content (AvgIpc) is 2.97. The molecule has 2 N–H and O–H groups in total. The summed E-state index contributed by atoms with van der Waals surface area (Å²) < 4.78 is 0. The van der Waals surface area contributed by atoms with Crippen molar-refractivity contribution < 1.29 is 9.63 Å². The van der Waals surface area contributed by atoms with Gasteiger partial charge in [0.25, 0.3) is 5.91 Å². The normalized spacial score (nSPS) is 15.7. The molecule has 0 aromatic heterocycles. The zero-order valence-corrected chi connectivity index (χ0v) is 19.2. The molecule has 0 radical (unpaired) electrons. The van der Waals surface area contributed by atoms with Crippen LogP contribution in [0.1, 0.15) is 45.9 Å². The minimum Gasteiger partial charge on any atom is -0.322 e. The predicted octanol–water partition coefficient (Wildman–Crippen LogP) is 5.89. The van der Waals surface area contributed by atoms with Crippen LogP contribution in [0.4, 0.5) is 11.4 Å². The summed E-state index contributed by atoms with van der Waals surface area (Å²) in [5.41, 5.74) is 5.63. The van der Waals surface area contributed by atoms with Gasteiger partial charge in [0.15, 0.2) is 0 Å². The first-order valence-corrected chi connectivity index (χ1v) is 11.3. The molecule has 0 spiro atoms. The molecule has 3 aromatic rings. The number of anilines is 2. The Morgan fingerprint density at radius 2 is 1.91 bits per heavy atom. The Kier molecular flexibility index (Phi) is 7.10. The number of amides is 1. The molecule has 1 aliphatic heterocycles. The molecule has 32 heavy (non-hydrogen) atoms. The van der Waals surface area contributed by atoms with E-state index in [1.165, 1.54) is 0 Å². The lowest BCUT2D eigenvalue weighted by atomic mass is 10.0. The Bertz CT molecular complexity index is 1080. The van der Waals surface area contributed by atoms with Gasteiger partial charge in [-0.25, -0.2) is 0 Å². The molecule has 1 atom stereocenters. The van der Waals surface area contributed by atoms with Gasteiger partial charge in [-0.05, 0) is 79.9 Å². The van der Waals surface area contributed by atoms with E-state index in [4.69, 9.17) is 16.4 Å². The molecule has 0 aliphatic carbocycles. The maximum absolute atomic E-state index is 12.5. The van der Waals surface area contributed by atoms with Crippen LogP contribution >= 0.6 is 11.6 Å². The minimum atomic E-state index is -0.106. The van der Waals surface area contributed by atoms with E-state index in [1.54, 1.807) is 0 Å². The van der Waals surface area contributed by atoms with Crippen molar-refractivity contribution in [3.8, 4) is 0 Å². The molecule has 0 saturated heterocycles. The molecule has 0 saturated carbocycles. The van der Waals surface area contributed by atoms with Gasteiger partial charge in [0.05, 0.1) is 12.3 Å². The largest absolute Gasteiger partial charge is 0.322 e. The lowest BCUT2D eigenvalue weighted by molar-refractivity contribution is 0.0945. The number of halogens is 1. The lowest BCUT2D eigenvalue weighted by Crippen LogP contribution is -2.24. The number of rotatable bonds is 6. The fourth-order valence-corrected chi connectivity index (χ4v) is 4.22. The van der Waals surface area contributed by atoms with E-state index in [2.05, 4.69) is 10.6 Å². The van der Waals surface area contributed by atoms with E-state index >= 15 is 0 Å². The summed E-state index contributed by atoms with van der Waals surface area (Å²) in [4.78, 5) is 18.7. The average molecular weight is 450 g/mol. The van der Waals surface area contributed by atoms with E-state index in [1.807, 2.05) is 85.8 Å². The molecular weight excluding hydrogens is 422 g/mol. The van der Waals surface area contributed by atoms with Gasteiger partial charge >= 0.3 is 0 Å². The highest BCUT2D eigenvalue weighted by Gasteiger charge is 2.23. The maximum Gasteiger partial charge on any atom is 0.255 e. The van der Waals surface area contributed by atoms with E-state index in [-0.39, 0.29) is 11.9 Å². The van der Waals surface area contributed by atoms with Crippen LogP contribution in [-0.2, 0) is 11.4 Å². The van der Waals surface area contributed by atoms with Crippen molar-refractivity contribution in [3.63, 3.8) is 0 Å². The number of hydrogen-bond donors (Lipinski definition) is 2. The summed E-state index contributed by atoms with van der Waals surface area (Å²) in [5.74, 6) is -0.106. The van der Waals surface area contributed by atoms with Crippen molar-refractivity contribution in [1.29, 1.82) is 0 Å². The number of fused-ring (bicyclic) bond motifs is 1. The van der Waals surface area contributed by atoms with Crippen LogP contribution in [0.2, 0.25) is 5.02 Å². The zero-order chi connectivity index (χ0) is 22.5. The van der Waals surface area contributed by atoms with Crippen LogP contribution in [0.25, 0.3) is 0 Å². The van der Waals surface area contributed by atoms with Crippen molar-refractivity contribution in [2.75, 3.05) is 24.0 Å². The van der Waals surface area contributed by atoms with Crippen LogP contribution in [-0.4, -0.2) is 19.5 Å². The number of hydrogen-bond acceptors (Lipinski definition) is 4. The van der Waals surface area contributed by atoms with Gasteiger partial charge in [-0.3, -0.25) is 14.7 Å². The van der Waals surface area contributed by atoms with Gasteiger partial charge in [-0.1, -0.05) is 41.9 Å². The quantitative estimate of drug-likeness (QED) is 0.492. The van der Waals surface area contributed by atoms with Crippen molar-refractivity contribution in [1.82, 2.24) is 5.32 Å². The van der Waals surface area contributed by atoms with E-state index in [9.17, 15) is 4.79 Å². The fraction of sp³-hybridized carbons (Fsp3) is 0.269. The number of hydroxylamine groups is 1. The molecule has 0 bridgehead atoms. The summed E-state index contributed by atoms with van der Waals surface area (Å²) in [6, 6.07) is 21.5. The molecule has 1 amide bonds. The van der Waals surface area contributed by atoms with Crippen LogP contribution < -0.4 is 15.7 Å². The van der Waals surface area contributed by atoms with E-state index in [0.29, 0.717) is 12.2 Å². The smallest absolute Gasteiger partial charge is 0.255 e. The minimum absolute atomic E-state index is 0.106. The monoisotopic (exact) mass is 449 g/mol. The number of benzene rings is 3. The molecule has 1 unspecified atom stereocenters. The Morgan fingerprint density at radius 1 is 1.12 bits per heavy atom. The van der Waals surface area contributed by atoms with E-state index < -0.39 is 0 Å². The molecule has 1 heterocycles. The second-order valence-electron chi connectivity index (χ2n) is 8.03. The van der Waals surface area contributed by atoms with Crippen molar-refractivity contribution in [2.24, 2.45) is 0 Å². The second-order valence-corrected chi connectivity index (χ2v) is 8.46. The van der Waals surface area contributed by atoms with Crippen molar-refractivity contribution >= 4 is 28.9 Å². The van der Waals surface area contributed by atoms with Crippen molar-refractivity contribution in [2.45, 2.75) is 32.4 Å². The van der Waals surface area contributed by atoms with Gasteiger partial charge in [-0.2, -0.15) is 0 Å². The predicted molar refractivity (Wildman–Crippen MR) is 130 cm³/mol. The molecule has 4 rings (SSSR count). The summed E-state index contributed by atoms with van der Waals surface area (Å²) in [6.45, 7) is 3.19. The SMILES string of the molecule is CNC1CCCN(OCc2ccc(NC(=O)c3ccccc3C)cc2)c2ccc(Cl)cc21. The topological polar surface area (TPSA) is 53.6 Å². The Hall–Kier alpha value is -2.86. The molecule has 166 valence electrons. The maximum atomic E-state index is 12.5.